The van der Waals surface area contributed by atoms with Crippen LogP contribution in [-0.2, 0) is 23.8 Å². The monoisotopic (exact) mass is 514 g/mol. The number of aliphatic carboxylic acids is 1. The van der Waals surface area contributed by atoms with Gasteiger partial charge in [-0.15, -0.1) is 0 Å². The first kappa shape index (κ1) is 25.9. The number of fused-ring (bicyclic) bond motifs is 7. The highest BCUT2D eigenvalue weighted by Crippen LogP contribution is 2.70. The van der Waals surface area contributed by atoms with E-state index in [1.54, 1.807) is 0 Å². The predicted molar refractivity (Wildman–Crippen MR) is 138 cm³/mol. The van der Waals surface area contributed by atoms with Gasteiger partial charge in [-0.2, -0.15) is 0 Å². The molecule has 0 aromatic carbocycles. The van der Waals surface area contributed by atoms with Gasteiger partial charge < -0.3 is 19.3 Å². The number of carbonyl (C=O) groups excluding carboxylic acids is 1. The van der Waals surface area contributed by atoms with E-state index in [9.17, 15) is 9.59 Å². The molecule has 2 saturated heterocycles. The quantitative estimate of drug-likeness (QED) is 0.359. The van der Waals surface area contributed by atoms with E-state index >= 15 is 0 Å². The van der Waals surface area contributed by atoms with E-state index in [1.165, 1.54) is 31.3 Å². The second-order valence-corrected chi connectivity index (χ2v) is 14.0. The molecule has 0 unspecified atom stereocenters. The maximum Gasteiger partial charge on any atom is 0.306 e. The minimum absolute atomic E-state index is 0.0404. The van der Waals surface area contributed by atoms with Crippen molar-refractivity contribution in [2.24, 2.45) is 46.3 Å². The van der Waals surface area contributed by atoms with Crippen molar-refractivity contribution in [2.75, 3.05) is 6.61 Å². The van der Waals surface area contributed by atoms with Crippen molar-refractivity contribution in [1.29, 1.82) is 0 Å². The zero-order valence-electron chi connectivity index (χ0n) is 23.2. The maximum absolute atomic E-state index is 12.2. The van der Waals surface area contributed by atoms with Crippen molar-refractivity contribution in [2.45, 2.75) is 116 Å². The molecule has 0 aromatic heterocycles. The number of carbonyl (C=O) groups is 2. The largest absolute Gasteiger partial charge is 0.481 e. The zero-order chi connectivity index (χ0) is 26.2. The van der Waals surface area contributed by atoms with Gasteiger partial charge in [0.15, 0.2) is 5.79 Å². The van der Waals surface area contributed by atoms with Crippen molar-refractivity contribution in [1.82, 2.24) is 0 Å². The molecule has 37 heavy (non-hydrogen) atoms. The van der Waals surface area contributed by atoms with Crippen molar-refractivity contribution < 1.29 is 28.9 Å². The molecule has 4 aliphatic carbocycles. The Morgan fingerprint density at radius 3 is 2.62 bits per heavy atom. The van der Waals surface area contributed by atoms with Crippen LogP contribution in [0.4, 0.5) is 0 Å². The molecule has 0 bridgehead atoms. The van der Waals surface area contributed by atoms with Crippen LogP contribution in [0, 0.1) is 46.3 Å². The molecule has 0 amide bonds. The first-order valence-corrected chi connectivity index (χ1v) is 15.0. The number of esters is 1. The van der Waals surface area contributed by atoms with Crippen molar-refractivity contribution in [3.05, 3.63) is 11.6 Å². The van der Waals surface area contributed by atoms with Crippen LogP contribution in [0.2, 0.25) is 0 Å². The minimum atomic E-state index is -0.953. The molecule has 206 valence electrons. The van der Waals surface area contributed by atoms with Crippen molar-refractivity contribution in [3.8, 4) is 0 Å². The molecule has 0 radical (unpaired) electrons. The molecule has 3 saturated carbocycles. The number of rotatable bonds is 4. The lowest BCUT2D eigenvalue weighted by Crippen LogP contribution is -2.52. The fourth-order valence-corrected chi connectivity index (χ4v) is 10.2. The molecule has 1 spiro atoms. The summed E-state index contributed by atoms with van der Waals surface area (Å²) in [6, 6.07) is 0. The number of carboxylic acid groups (broad SMARTS) is 1. The number of hydrogen-bond donors (Lipinski definition) is 1. The SMILES string of the molecule is C[C@@H]1CC[C@@]2(OC1)O[C@H]1C[C@H]3[C@@H]4CC=C5C[C@@H](OC(=O)CCC(=O)O)CC[C@]5(C)[C@H]4CC[C@]3(C)[C@H]1[C@@H]2C. The number of allylic oxidation sites excluding steroid dienone is 1. The summed E-state index contributed by atoms with van der Waals surface area (Å²) < 4.78 is 19.1. The van der Waals surface area contributed by atoms with Gasteiger partial charge >= 0.3 is 11.9 Å². The average Bonchev–Trinajstić information content (AvgIpc) is 3.30. The average molecular weight is 515 g/mol. The Bertz CT molecular complexity index is 965. The lowest BCUT2D eigenvalue weighted by atomic mass is 9.47. The third-order valence-corrected chi connectivity index (χ3v) is 12.2. The standard InChI is InChI=1S/C31H46O6/c1-18-9-14-31(35-17-18)19(2)28-25(37-31)16-24-22-6-5-20-15-21(36-27(34)8-7-26(32)33)10-12-29(20,3)23(22)11-13-30(24,28)4/h5,18-19,21-25,28H,6-17H2,1-4H3,(H,32,33)/t18-,19+,21+,22-,23+,24+,25+,28+,29+,30+,31-/m1/s1. The van der Waals surface area contributed by atoms with Gasteiger partial charge in [-0.25, -0.2) is 0 Å². The van der Waals surface area contributed by atoms with Crippen LogP contribution in [0.25, 0.3) is 0 Å². The van der Waals surface area contributed by atoms with E-state index in [-0.39, 0.29) is 36.1 Å². The van der Waals surface area contributed by atoms with E-state index in [2.05, 4.69) is 33.8 Å². The second kappa shape index (κ2) is 9.08. The molecule has 2 aliphatic heterocycles. The Hall–Kier alpha value is -1.40. The summed E-state index contributed by atoms with van der Waals surface area (Å²) in [6.07, 6.45) is 12.4. The summed E-state index contributed by atoms with van der Waals surface area (Å²) in [5.74, 6) is 2.08. The summed E-state index contributed by atoms with van der Waals surface area (Å²) >= 11 is 0. The van der Waals surface area contributed by atoms with Crippen LogP contribution >= 0.6 is 0 Å². The molecule has 6 rings (SSSR count). The highest BCUT2D eigenvalue weighted by molar-refractivity contribution is 5.76. The van der Waals surface area contributed by atoms with Crippen LogP contribution in [0.3, 0.4) is 0 Å². The zero-order valence-corrected chi connectivity index (χ0v) is 23.2. The molecular weight excluding hydrogens is 468 g/mol. The molecule has 1 N–H and O–H groups in total. The topological polar surface area (TPSA) is 82.1 Å². The van der Waals surface area contributed by atoms with E-state index in [0.717, 1.165) is 38.7 Å². The lowest BCUT2D eigenvalue weighted by Gasteiger charge is -2.58. The Kier molecular flexibility index (Phi) is 6.34. The summed E-state index contributed by atoms with van der Waals surface area (Å²) in [7, 11) is 0. The number of ether oxygens (including phenoxy) is 3. The molecule has 11 atom stereocenters. The van der Waals surface area contributed by atoms with Gasteiger partial charge in [0.2, 0.25) is 0 Å². The molecule has 6 nitrogen and oxygen atoms in total. The second-order valence-electron chi connectivity index (χ2n) is 14.0. The predicted octanol–water partition coefficient (Wildman–Crippen LogP) is 6.13. The van der Waals surface area contributed by atoms with Crippen LogP contribution in [0.15, 0.2) is 11.6 Å². The fourth-order valence-electron chi connectivity index (χ4n) is 10.2. The van der Waals surface area contributed by atoms with Crippen molar-refractivity contribution in [3.63, 3.8) is 0 Å². The Labute approximate surface area is 221 Å². The van der Waals surface area contributed by atoms with Gasteiger partial charge in [-0.1, -0.05) is 39.3 Å². The van der Waals surface area contributed by atoms with Gasteiger partial charge in [-0.3, -0.25) is 9.59 Å². The van der Waals surface area contributed by atoms with E-state index in [1.807, 2.05) is 0 Å². The van der Waals surface area contributed by atoms with Gasteiger partial charge in [0.05, 0.1) is 25.6 Å². The Morgan fingerprint density at radius 1 is 1.08 bits per heavy atom. The number of carboxylic acids is 1. The van der Waals surface area contributed by atoms with Gasteiger partial charge in [-0.05, 0) is 85.4 Å². The summed E-state index contributed by atoms with van der Waals surface area (Å²) in [4.78, 5) is 23.0. The molecule has 5 fully saturated rings. The molecule has 6 heteroatoms. The van der Waals surface area contributed by atoms with Crippen LogP contribution < -0.4 is 0 Å². The summed E-state index contributed by atoms with van der Waals surface area (Å²) in [5, 5.41) is 8.86. The molecular formula is C31H46O6. The summed E-state index contributed by atoms with van der Waals surface area (Å²) in [5.41, 5.74) is 1.98. The fraction of sp³-hybridized carbons (Fsp3) is 0.871. The minimum Gasteiger partial charge on any atom is -0.481 e. The maximum atomic E-state index is 12.2. The normalized spacial score (nSPS) is 50.4. The van der Waals surface area contributed by atoms with E-state index in [0.29, 0.717) is 47.0 Å². The van der Waals surface area contributed by atoms with Crippen LogP contribution in [0.5, 0.6) is 0 Å². The lowest BCUT2D eigenvalue weighted by molar-refractivity contribution is -0.272. The Morgan fingerprint density at radius 2 is 1.89 bits per heavy atom. The smallest absolute Gasteiger partial charge is 0.306 e. The highest BCUT2D eigenvalue weighted by Gasteiger charge is 2.68. The molecule has 6 aliphatic rings. The first-order chi connectivity index (χ1) is 17.6. The first-order valence-electron chi connectivity index (χ1n) is 15.0. The molecule has 0 aromatic rings. The number of hydrogen-bond acceptors (Lipinski definition) is 5. The van der Waals surface area contributed by atoms with Crippen LogP contribution in [-0.4, -0.2) is 41.6 Å². The third-order valence-electron chi connectivity index (χ3n) is 12.2. The highest BCUT2D eigenvalue weighted by atomic mass is 16.7. The van der Waals surface area contributed by atoms with Gasteiger partial charge in [0, 0.05) is 18.8 Å². The van der Waals surface area contributed by atoms with E-state index in [4.69, 9.17) is 19.3 Å². The summed E-state index contributed by atoms with van der Waals surface area (Å²) in [6.45, 7) is 10.6. The Balaban J connectivity index is 1.16. The third kappa shape index (κ3) is 4.02. The van der Waals surface area contributed by atoms with E-state index < -0.39 is 5.97 Å². The van der Waals surface area contributed by atoms with Gasteiger partial charge in [0.1, 0.15) is 6.10 Å². The molecule has 2 heterocycles. The van der Waals surface area contributed by atoms with Crippen molar-refractivity contribution >= 4 is 11.9 Å². The van der Waals surface area contributed by atoms with Gasteiger partial charge in [0.25, 0.3) is 0 Å². The van der Waals surface area contributed by atoms with Crippen LogP contribution in [0.1, 0.15) is 98.3 Å².